The zero-order valence-electron chi connectivity index (χ0n) is 9.40. The van der Waals surface area contributed by atoms with E-state index in [0.29, 0.717) is 0 Å². The lowest BCUT2D eigenvalue weighted by molar-refractivity contribution is -0.145. The highest BCUT2D eigenvalue weighted by molar-refractivity contribution is 5.71. The lowest BCUT2D eigenvalue weighted by Gasteiger charge is -2.08. The molecule has 0 heterocycles. The number of carbonyl (C=O) groups excluding carboxylic acids is 1. The zero-order chi connectivity index (χ0) is 11.1. The van der Waals surface area contributed by atoms with Gasteiger partial charge in [0, 0.05) is 0 Å². The van der Waals surface area contributed by atoms with E-state index in [0.717, 1.165) is 19.3 Å². The van der Waals surface area contributed by atoms with Crippen LogP contribution in [0.3, 0.4) is 0 Å². The van der Waals surface area contributed by atoms with Crippen molar-refractivity contribution in [3.8, 4) is 0 Å². The van der Waals surface area contributed by atoms with Crippen LogP contribution in [0.4, 0.5) is 0 Å². The van der Waals surface area contributed by atoms with Crippen molar-refractivity contribution >= 4 is 5.97 Å². The van der Waals surface area contributed by atoms with E-state index >= 15 is 0 Å². The number of hydrogen-bond donors (Lipinski definition) is 0. The third kappa shape index (κ3) is 4.15. The molecule has 0 aliphatic rings. The Morgan fingerprint density at radius 2 is 2.00 bits per heavy atom. The summed E-state index contributed by atoms with van der Waals surface area (Å²) in [6, 6.07) is 10.3. The van der Waals surface area contributed by atoms with Gasteiger partial charge in [-0.3, -0.25) is 4.79 Å². The van der Waals surface area contributed by atoms with Gasteiger partial charge in [-0.2, -0.15) is 0 Å². The first-order valence-electron chi connectivity index (χ1n) is 5.36. The Balaban J connectivity index is 2.25. The zero-order valence-corrected chi connectivity index (χ0v) is 9.40. The van der Waals surface area contributed by atoms with E-state index in [4.69, 9.17) is 0 Å². The standard InChI is InChI=1S/C13H18O2/c1-11(13(14)15-2)7-6-10-12-8-4-3-5-9-12/h3-5,8-9,11H,6-7,10H2,1-2H3/t11-/m1/s1. The average molecular weight is 206 g/mol. The lowest BCUT2D eigenvalue weighted by atomic mass is 10.0. The van der Waals surface area contributed by atoms with Gasteiger partial charge in [0.25, 0.3) is 0 Å². The van der Waals surface area contributed by atoms with Gasteiger partial charge >= 0.3 is 5.97 Å². The highest BCUT2D eigenvalue weighted by atomic mass is 16.5. The molecule has 0 aliphatic heterocycles. The summed E-state index contributed by atoms with van der Waals surface area (Å²) < 4.78 is 4.68. The highest BCUT2D eigenvalue weighted by Crippen LogP contribution is 2.11. The maximum atomic E-state index is 11.1. The third-order valence-corrected chi connectivity index (χ3v) is 2.55. The predicted molar refractivity (Wildman–Crippen MR) is 60.6 cm³/mol. The van der Waals surface area contributed by atoms with E-state index in [9.17, 15) is 4.79 Å². The van der Waals surface area contributed by atoms with E-state index in [1.807, 2.05) is 25.1 Å². The second kappa shape index (κ2) is 6.23. The summed E-state index contributed by atoms with van der Waals surface area (Å²) in [7, 11) is 1.44. The summed E-state index contributed by atoms with van der Waals surface area (Å²) in [6.07, 6.45) is 2.95. The Bertz CT molecular complexity index is 293. The Kier molecular flexibility index (Phi) is 4.88. The number of hydrogen-bond acceptors (Lipinski definition) is 2. The van der Waals surface area contributed by atoms with E-state index in [1.54, 1.807) is 0 Å². The van der Waals surface area contributed by atoms with Gasteiger partial charge in [-0.25, -0.2) is 0 Å². The van der Waals surface area contributed by atoms with E-state index in [-0.39, 0.29) is 11.9 Å². The lowest BCUT2D eigenvalue weighted by Crippen LogP contribution is -2.12. The van der Waals surface area contributed by atoms with Crippen LogP contribution < -0.4 is 0 Å². The molecule has 0 N–H and O–H groups in total. The Hall–Kier alpha value is -1.31. The number of benzene rings is 1. The molecule has 0 saturated carbocycles. The van der Waals surface area contributed by atoms with Crippen molar-refractivity contribution < 1.29 is 9.53 Å². The molecule has 0 radical (unpaired) electrons. The van der Waals surface area contributed by atoms with Gasteiger partial charge in [-0.15, -0.1) is 0 Å². The fourth-order valence-electron chi connectivity index (χ4n) is 1.58. The molecule has 0 amide bonds. The van der Waals surface area contributed by atoms with Crippen molar-refractivity contribution in [1.29, 1.82) is 0 Å². The van der Waals surface area contributed by atoms with E-state index in [1.165, 1.54) is 12.7 Å². The van der Waals surface area contributed by atoms with Crippen LogP contribution in [0, 0.1) is 5.92 Å². The first kappa shape index (κ1) is 11.8. The average Bonchev–Trinajstić information content (AvgIpc) is 2.29. The minimum absolute atomic E-state index is 0.0127. The van der Waals surface area contributed by atoms with Gasteiger partial charge in [-0.05, 0) is 24.8 Å². The molecule has 1 atom stereocenters. The second-order valence-corrected chi connectivity index (χ2v) is 3.80. The molecule has 0 unspecified atom stereocenters. The van der Waals surface area contributed by atoms with Crippen LogP contribution in [-0.4, -0.2) is 13.1 Å². The second-order valence-electron chi connectivity index (χ2n) is 3.80. The monoisotopic (exact) mass is 206 g/mol. The number of esters is 1. The van der Waals surface area contributed by atoms with Gasteiger partial charge < -0.3 is 4.74 Å². The smallest absolute Gasteiger partial charge is 0.308 e. The van der Waals surface area contributed by atoms with Gasteiger partial charge in [0.1, 0.15) is 0 Å². The molecule has 0 aliphatic carbocycles. The third-order valence-electron chi connectivity index (χ3n) is 2.55. The van der Waals surface area contributed by atoms with Gasteiger partial charge in [0.2, 0.25) is 0 Å². The first-order chi connectivity index (χ1) is 7.24. The molecule has 2 heteroatoms. The largest absolute Gasteiger partial charge is 0.469 e. The molecule has 0 saturated heterocycles. The van der Waals surface area contributed by atoms with Crippen LogP contribution in [-0.2, 0) is 16.0 Å². The normalized spacial score (nSPS) is 12.1. The maximum absolute atomic E-state index is 11.1. The van der Waals surface area contributed by atoms with Gasteiger partial charge in [0.15, 0.2) is 0 Å². The van der Waals surface area contributed by atoms with E-state index in [2.05, 4.69) is 16.9 Å². The van der Waals surface area contributed by atoms with E-state index < -0.39 is 0 Å². The quantitative estimate of drug-likeness (QED) is 0.692. The summed E-state index contributed by atoms with van der Waals surface area (Å²) >= 11 is 0. The molecule has 15 heavy (non-hydrogen) atoms. The van der Waals surface area contributed by atoms with Crippen molar-refractivity contribution in [2.24, 2.45) is 5.92 Å². The van der Waals surface area contributed by atoms with Crippen LogP contribution in [0.15, 0.2) is 30.3 Å². The number of carbonyl (C=O) groups is 1. The van der Waals surface area contributed by atoms with Gasteiger partial charge in [0.05, 0.1) is 13.0 Å². The van der Waals surface area contributed by atoms with Crippen LogP contribution in [0.1, 0.15) is 25.3 Å². The number of rotatable bonds is 5. The first-order valence-corrected chi connectivity index (χ1v) is 5.36. The molecule has 1 rings (SSSR count). The van der Waals surface area contributed by atoms with Crippen LogP contribution in [0.5, 0.6) is 0 Å². The maximum Gasteiger partial charge on any atom is 0.308 e. The van der Waals surface area contributed by atoms with Crippen molar-refractivity contribution in [2.75, 3.05) is 7.11 Å². The highest BCUT2D eigenvalue weighted by Gasteiger charge is 2.11. The van der Waals surface area contributed by atoms with Gasteiger partial charge in [-0.1, -0.05) is 37.3 Å². The SMILES string of the molecule is COC(=O)[C@H](C)CCCc1ccccc1. The van der Waals surface area contributed by atoms with Crippen molar-refractivity contribution in [2.45, 2.75) is 26.2 Å². The molecule has 0 fully saturated rings. The van der Waals surface area contributed by atoms with Crippen LogP contribution in [0.2, 0.25) is 0 Å². The van der Waals surface area contributed by atoms with Crippen LogP contribution >= 0.6 is 0 Å². The molecule has 0 spiro atoms. The van der Waals surface area contributed by atoms with Crippen molar-refractivity contribution in [3.05, 3.63) is 35.9 Å². The van der Waals surface area contributed by atoms with Crippen molar-refractivity contribution in [3.63, 3.8) is 0 Å². The summed E-state index contributed by atoms with van der Waals surface area (Å²) in [6.45, 7) is 1.91. The summed E-state index contributed by atoms with van der Waals surface area (Å²) in [4.78, 5) is 11.1. The molecule has 1 aromatic rings. The van der Waals surface area contributed by atoms with Crippen LogP contribution in [0.25, 0.3) is 0 Å². The molecule has 1 aromatic carbocycles. The topological polar surface area (TPSA) is 26.3 Å². The fraction of sp³-hybridized carbons (Fsp3) is 0.462. The number of aryl methyl sites for hydroxylation is 1. The predicted octanol–water partition coefficient (Wildman–Crippen LogP) is 2.82. The Labute approximate surface area is 91.3 Å². The number of ether oxygens (including phenoxy) is 1. The molecule has 2 nitrogen and oxygen atoms in total. The summed E-state index contributed by atoms with van der Waals surface area (Å²) in [5, 5.41) is 0. The minimum Gasteiger partial charge on any atom is -0.469 e. The molecule has 0 aromatic heterocycles. The molecule has 82 valence electrons. The number of methoxy groups -OCH3 is 1. The molecular formula is C13H18O2. The fourth-order valence-corrected chi connectivity index (χ4v) is 1.58. The summed E-state index contributed by atoms with van der Waals surface area (Å²) in [5.74, 6) is -0.0956. The molecular weight excluding hydrogens is 188 g/mol. The van der Waals surface area contributed by atoms with Crippen molar-refractivity contribution in [1.82, 2.24) is 0 Å². The minimum atomic E-state index is -0.108. The Morgan fingerprint density at radius 3 is 2.60 bits per heavy atom. The molecule has 0 bridgehead atoms. The summed E-state index contributed by atoms with van der Waals surface area (Å²) in [5.41, 5.74) is 1.33. The Morgan fingerprint density at radius 1 is 1.33 bits per heavy atom.